The molecule has 3 aromatic rings. The van der Waals surface area contributed by atoms with Crippen LogP contribution in [-0.2, 0) is 22.1 Å². The Bertz CT molecular complexity index is 1090. The molecule has 0 aliphatic rings. The number of fused-ring (bicyclic) bond motifs is 1. The van der Waals surface area contributed by atoms with Crippen molar-refractivity contribution in [1.82, 2.24) is 5.32 Å². The van der Waals surface area contributed by atoms with Crippen molar-refractivity contribution in [3.05, 3.63) is 77.4 Å². The molecule has 0 spiro atoms. The molecule has 0 saturated carbocycles. The summed E-state index contributed by atoms with van der Waals surface area (Å²) < 4.78 is 28.4. The summed E-state index contributed by atoms with van der Waals surface area (Å²) in [5.74, 6) is 0.353. The third-order valence-electron chi connectivity index (χ3n) is 4.26. The monoisotopic (exact) mass is 383 g/mol. The van der Waals surface area contributed by atoms with Gasteiger partial charge in [0.2, 0.25) is 0 Å². The minimum atomic E-state index is -3.16. The minimum Gasteiger partial charge on any atom is -0.496 e. The van der Waals surface area contributed by atoms with Crippen molar-refractivity contribution in [3.8, 4) is 5.75 Å². The van der Waals surface area contributed by atoms with Gasteiger partial charge in [-0.3, -0.25) is 4.79 Å². The Morgan fingerprint density at radius 1 is 1.04 bits per heavy atom. The number of hydrogen-bond acceptors (Lipinski definition) is 4. The van der Waals surface area contributed by atoms with Crippen LogP contribution in [0.1, 0.15) is 21.5 Å². The topological polar surface area (TPSA) is 72.5 Å². The number of methoxy groups -OCH3 is 1. The Morgan fingerprint density at radius 3 is 2.56 bits per heavy atom. The second-order valence-corrected chi connectivity index (χ2v) is 8.56. The van der Waals surface area contributed by atoms with Gasteiger partial charge in [-0.05, 0) is 34.5 Å². The van der Waals surface area contributed by atoms with Gasteiger partial charge in [0.1, 0.15) is 5.75 Å². The summed E-state index contributed by atoms with van der Waals surface area (Å²) in [6, 6.07) is 18.4. The van der Waals surface area contributed by atoms with Crippen molar-refractivity contribution in [3.63, 3.8) is 0 Å². The van der Waals surface area contributed by atoms with Gasteiger partial charge in [0, 0.05) is 23.9 Å². The summed E-state index contributed by atoms with van der Waals surface area (Å²) in [6.45, 7) is 0.305. The molecule has 3 rings (SSSR count). The molecule has 0 radical (unpaired) electrons. The number of amides is 1. The summed E-state index contributed by atoms with van der Waals surface area (Å²) in [6.07, 6.45) is 1.17. The van der Waals surface area contributed by atoms with E-state index in [1.54, 1.807) is 31.4 Å². The van der Waals surface area contributed by atoms with E-state index >= 15 is 0 Å². The molecule has 6 heteroatoms. The first-order valence-corrected chi connectivity index (χ1v) is 10.5. The number of ether oxygens (including phenoxy) is 1. The van der Waals surface area contributed by atoms with Crippen molar-refractivity contribution in [2.24, 2.45) is 0 Å². The van der Waals surface area contributed by atoms with Crippen molar-refractivity contribution in [2.75, 3.05) is 13.4 Å². The lowest BCUT2D eigenvalue weighted by Crippen LogP contribution is -2.23. The Hall–Kier alpha value is -2.86. The van der Waals surface area contributed by atoms with Crippen LogP contribution in [0.5, 0.6) is 5.75 Å². The highest BCUT2D eigenvalue weighted by Crippen LogP contribution is 2.27. The maximum Gasteiger partial charge on any atom is 0.251 e. The lowest BCUT2D eigenvalue weighted by molar-refractivity contribution is 0.0950. The lowest BCUT2D eigenvalue weighted by Gasteiger charge is -2.13. The highest BCUT2D eigenvalue weighted by molar-refractivity contribution is 7.89. The SMILES string of the molecule is COc1ccc2ccccc2c1CNC(=O)c1cccc(CS(C)(=O)=O)c1. The molecule has 0 unspecified atom stereocenters. The average molecular weight is 383 g/mol. The Labute approximate surface area is 158 Å². The van der Waals surface area contributed by atoms with Crippen LogP contribution in [-0.4, -0.2) is 27.7 Å². The highest BCUT2D eigenvalue weighted by atomic mass is 32.2. The van der Waals surface area contributed by atoms with E-state index < -0.39 is 9.84 Å². The van der Waals surface area contributed by atoms with Crippen LogP contribution in [0.15, 0.2) is 60.7 Å². The molecular weight excluding hydrogens is 362 g/mol. The van der Waals surface area contributed by atoms with Crippen LogP contribution < -0.4 is 10.1 Å². The second-order valence-electron chi connectivity index (χ2n) is 6.42. The number of benzene rings is 3. The third-order valence-corrected chi connectivity index (χ3v) is 5.12. The summed E-state index contributed by atoms with van der Waals surface area (Å²) in [4.78, 5) is 12.6. The van der Waals surface area contributed by atoms with Crippen LogP contribution in [0.2, 0.25) is 0 Å². The van der Waals surface area contributed by atoms with E-state index in [4.69, 9.17) is 4.74 Å². The number of nitrogens with one attached hydrogen (secondary N) is 1. The number of sulfone groups is 1. The first-order chi connectivity index (χ1) is 12.9. The summed E-state index contributed by atoms with van der Waals surface area (Å²) in [5, 5.41) is 4.99. The molecule has 1 amide bonds. The van der Waals surface area contributed by atoms with Gasteiger partial charge in [0.05, 0.1) is 12.9 Å². The van der Waals surface area contributed by atoms with Crippen molar-refractivity contribution in [1.29, 1.82) is 0 Å². The zero-order chi connectivity index (χ0) is 19.4. The fourth-order valence-corrected chi connectivity index (χ4v) is 3.85. The molecule has 1 N–H and O–H groups in total. The molecule has 0 heterocycles. The van der Waals surface area contributed by atoms with Gasteiger partial charge in [-0.15, -0.1) is 0 Å². The van der Waals surface area contributed by atoms with Gasteiger partial charge in [-0.1, -0.05) is 42.5 Å². The Balaban J connectivity index is 1.82. The lowest BCUT2D eigenvalue weighted by atomic mass is 10.0. The van der Waals surface area contributed by atoms with Crippen LogP contribution in [0.25, 0.3) is 10.8 Å². The molecule has 5 nitrogen and oxygen atoms in total. The molecule has 0 aliphatic carbocycles. The van der Waals surface area contributed by atoms with E-state index in [1.807, 2.05) is 36.4 Å². The molecule has 0 saturated heterocycles. The summed E-state index contributed by atoms with van der Waals surface area (Å²) >= 11 is 0. The molecule has 0 aliphatic heterocycles. The predicted octanol–water partition coefficient (Wildman–Crippen LogP) is 3.32. The van der Waals surface area contributed by atoms with E-state index in [2.05, 4.69) is 5.32 Å². The number of hydrogen-bond donors (Lipinski definition) is 1. The van der Waals surface area contributed by atoms with Gasteiger partial charge in [-0.25, -0.2) is 8.42 Å². The zero-order valence-corrected chi connectivity index (χ0v) is 16.0. The van der Waals surface area contributed by atoms with Crippen LogP contribution in [0.3, 0.4) is 0 Å². The summed E-state index contributed by atoms with van der Waals surface area (Å²) in [7, 11) is -1.56. The van der Waals surface area contributed by atoms with Gasteiger partial charge in [0.25, 0.3) is 5.91 Å². The van der Waals surface area contributed by atoms with Gasteiger partial charge < -0.3 is 10.1 Å². The second kappa shape index (κ2) is 7.80. The molecule has 3 aromatic carbocycles. The maximum atomic E-state index is 12.6. The van der Waals surface area contributed by atoms with Gasteiger partial charge >= 0.3 is 0 Å². The Kier molecular flexibility index (Phi) is 5.46. The first-order valence-electron chi connectivity index (χ1n) is 8.47. The minimum absolute atomic E-state index is 0.0920. The first kappa shape index (κ1) is 18.9. The maximum absolute atomic E-state index is 12.6. The highest BCUT2D eigenvalue weighted by Gasteiger charge is 2.12. The van der Waals surface area contributed by atoms with Crippen molar-refractivity contribution in [2.45, 2.75) is 12.3 Å². The van der Waals surface area contributed by atoms with Crippen molar-refractivity contribution < 1.29 is 17.9 Å². The summed E-state index contributed by atoms with van der Waals surface area (Å²) in [5.41, 5.74) is 1.92. The van der Waals surface area contributed by atoms with E-state index in [-0.39, 0.29) is 11.7 Å². The smallest absolute Gasteiger partial charge is 0.251 e. The van der Waals surface area contributed by atoms with Crippen molar-refractivity contribution >= 4 is 26.5 Å². The van der Waals surface area contributed by atoms with Crippen LogP contribution in [0.4, 0.5) is 0 Å². The third kappa shape index (κ3) is 4.65. The van der Waals surface area contributed by atoms with Crippen LogP contribution in [0, 0.1) is 0 Å². The molecule has 0 atom stereocenters. The number of carbonyl (C=O) groups is 1. The molecule has 27 heavy (non-hydrogen) atoms. The average Bonchev–Trinajstić information content (AvgIpc) is 2.64. The van der Waals surface area contributed by atoms with Gasteiger partial charge in [0.15, 0.2) is 9.84 Å². The molecule has 0 fully saturated rings. The largest absolute Gasteiger partial charge is 0.496 e. The number of carbonyl (C=O) groups excluding carboxylic acids is 1. The molecule has 0 bridgehead atoms. The Morgan fingerprint density at radius 2 is 1.81 bits per heavy atom. The molecule has 0 aromatic heterocycles. The van der Waals surface area contributed by atoms with Crippen LogP contribution >= 0.6 is 0 Å². The van der Waals surface area contributed by atoms with E-state index in [0.717, 1.165) is 16.3 Å². The van der Waals surface area contributed by atoms with E-state index in [9.17, 15) is 13.2 Å². The molecular formula is C21H21NO4S. The van der Waals surface area contributed by atoms with E-state index in [0.29, 0.717) is 23.4 Å². The van der Waals surface area contributed by atoms with Gasteiger partial charge in [-0.2, -0.15) is 0 Å². The van der Waals surface area contributed by atoms with E-state index in [1.165, 1.54) is 6.26 Å². The normalized spacial score (nSPS) is 11.3. The fraction of sp³-hybridized carbons (Fsp3) is 0.190. The molecule has 140 valence electrons. The fourth-order valence-electron chi connectivity index (χ4n) is 3.07. The number of rotatable bonds is 6. The quantitative estimate of drug-likeness (QED) is 0.709. The standard InChI is InChI=1S/C21H21NO4S/c1-26-20-11-10-16-7-3-4-9-18(16)19(20)13-22-21(23)17-8-5-6-15(12-17)14-27(2,24)25/h3-12H,13-14H2,1-2H3,(H,22,23). The zero-order valence-electron chi connectivity index (χ0n) is 15.2. The predicted molar refractivity (Wildman–Crippen MR) is 107 cm³/mol.